The Hall–Kier alpha value is -2.60. The standard InChI is InChI=1S/C19H18F2N4/c1-24-8-10-25(11-9-24)19-22-17-5-3-2-4-14(17)18(23-19)13-6-7-15(20)16(21)12-13/h2-7,12H,8-11H2,1H3. The van der Waals surface area contributed by atoms with Gasteiger partial charge in [-0.05, 0) is 31.3 Å². The summed E-state index contributed by atoms with van der Waals surface area (Å²) in [6, 6.07) is 11.5. The topological polar surface area (TPSA) is 32.3 Å². The number of rotatable bonds is 2. The van der Waals surface area contributed by atoms with Crippen LogP contribution in [0.5, 0.6) is 0 Å². The quantitative estimate of drug-likeness (QED) is 0.716. The molecule has 0 bridgehead atoms. The van der Waals surface area contributed by atoms with E-state index in [9.17, 15) is 8.78 Å². The highest BCUT2D eigenvalue weighted by molar-refractivity contribution is 5.93. The van der Waals surface area contributed by atoms with E-state index in [0.29, 0.717) is 17.2 Å². The number of fused-ring (bicyclic) bond motifs is 1. The van der Waals surface area contributed by atoms with E-state index in [2.05, 4.69) is 21.8 Å². The highest BCUT2D eigenvalue weighted by Crippen LogP contribution is 2.29. The molecule has 1 aliphatic heterocycles. The first-order chi connectivity index (χ1) is 12.1. The summed E-state index contributed by atoms with van der Waals surface area (Å²) in [5, 5.41) is 0.825. The van der Waals surface area contributed by atoms with Crippen molar-refractivity contribution >= 4 is 16.9 Å². The molecule has 0 unspecified atom stereocenters. The van der Waals surface area contributed by atoms with Crippen LogP contribution in [0.3, 0.4) is 0 Å². The van der Waals surface area contributed by atoms with Crippen molar-refractivity contribution in [3.05, 3.63) is 54.1 Å². The summed E-state index contributed by atoms with van der Waals surface area (Å²) in [7, 11) is 2.09. The van der Waals surface area contributed by atoms with Crippen LogP contribution in [0.1, 0.15) is 0 Å². The molecule has 0 amide bonds. The molecule has 1 saturated heterocycles. The second-order valence-electron chi connectivity index (χ2n) is 6.31. The zero-order valence-corrected chi connectivity index (χ0v) is 13.9. The van der Waals surface area contributed by atoms with E-state index in [1.165, 1.54) is 6.07 Å². The Morgan fingerprint density at radius 2 is 1.64 bits per heavy atom. The van der Waals surface area contributed by atoms with Gasteiger partial charge in [-0.25, -0.2) is 18.7 Å². The largest absolute Gasteiger partial charge is 0.338 e. The number of likely N-dealkylation sites (N-methyl/N-ethyl adjacent to an activating group) is 1. The lowest BCUT2D eigenvalue weighted by Crippen LogP contribution is -2.45. The number of halogens is 2. The van der Waals surface area contributed by atoms with Gasteiger partial charge in [0.05, 0.1) is 11.2 Å². The summed E-state index contributed by atoms with van der Waals surface area (Å²) >= 11 is 0. The Balaban J connectivity index is 1.85. The number of piperazine rings is 1. The van der Waals surface area contributed by atoms with E-state index in [1.807, 2.05) is 24.3 Å². The third kappa shape index (κ3) is 3.05. The maximum absolute atomic E-state index is 13.7. The minimum atomic E-state index is -0.874. The molecule has 2 heterocycles. The lowest BCUT2D eigenvalue weighted by Gasteiger charge is -2.32. The summed E-state index contributed by atoms with van der Waals surface area (Å²) in [6.45, 7) is 3.56. The van der Waals surface area contributed by atoms with Crippen molar-refractivity contribution in [2.75, 3.05) is 38.1 Å². The predicted octanol–water partition coefficient (Wildman–Crippen LogP) is 3.33. The molecular weight excluding hydrogens is 322 g/mol. The van der Waals surface area contributed by atoms with Gasteiger partial charge in [0, 0.05) is 37.1 Å². The number of nitrogens with zero attached hydrogens (tertiary/aromatic N) is 4. The van der Waals surface area contributed by atoms with Crippen LogP contribution in [0, 0.1) is 11.6 Å². The molecule has 0 aliphatic carbocycles. The predicted molar refractivity (Wildman–Crippen MR) is 94.6 cm³/mol. The van der Waals surface area contributed by atoms with Crippen molar-refractivity contribution in [1.82, 2.24) is 14.9 Å². The second kappa shape index (κ2) is 6.37. The number of hydrogen-bond donors (Lipinski definition) is 0. The summed E-state index contributed by atoms with van der Waals surface area (Å²) in [5.74, 6) is -1.10. The molecule has 1 aliphatic rings. The number of hydrogen-bond acceptors (Lipinski definition) is 4. The molecular formula is C19H18F2N4. The molecule has 1 aromatic heterocycles. The Kier molecular flexibility index (Phi) is 4.05. The van der Waals surface area contributed by atoms with Crippen molar-refractivity contribution in [2.24, 2.45) is 0 Å². The van der Waals surface area contributed by atoms with Crippen LogP contribution in [-0.2, 0) is 0 Å². The number of anilines is 1. The summed E-state index contributed by atoms with van der Waals surface area (Å²) < 4.78 is 27.0. The van der Waals surface area contributed by atoms with Crippen LogP contribution in [0.2, 0.25) is 0 Å². The smallest absolute Gasteiger partial charge is 0.226 e. The van der Waals surface area contributed by atoms with E-state index in [1.54, 1.807) is 6.07 Å². The average molecular weight is 340 g/mol. The fraction of sp³-hybridized carbons (Fsp3) is 0.263. The van der Waals surface area contributed by atoms with E-state index in [4.69, 9.17) is 4.98 Å². The minimum absolute atomic E-state index is 0.549. The Labute approximate surface area is 144 Å². The molecule has 128 valence electrons. The van der Waals surface area contributed by atoms with Crippen LogP contribution in [-0.4, -0.2) is 48.1 Å². The van der Waals surface area contributed by atoms with Crippen molar-refractivity contribution in [3.63, 3.8) is 0 Å². The van der Waals surface area contributed by atoms with Gasteiger partial charge in [-0.1, -0.05) is 18.2 Å². The fourth-order valence-corrected chi connectivity index (χ4v) is 3.08. The van der Waals surface area contributed by atoms with Gasteiger partial charge in [0.15, 0.2) is 11.6 Å². The SMILES string of the molecule is CN1CCN(c2nc(-c3ccc(F)c(F)c3)c3ccccc3n2)CC1. The van der Waals surface area contributed by atoms with Crippen LogP contribution in [0.4, 0.5) is 14.7 Å². The van der Waals surface area contributed by atoms with Crippen molar-refractivity contribution < 1.29 is 8.78 Å². The monoisotopic (exact) mass is 340 g/mol. The number of para-hydroxylation sites is 1. The summed E-state index contributed by atoms with van der Waals surface area (Å²) in [6.07, 6.45) is 0. The number of aromatic nitrogens is 2. The Bertz CT molecular complexity index is 920. The van der Waals surface area contributed by atoms with Gasteiger partial charge in [-0.3, -0.25) is 0 Å². The summed E-state index contributed by atoms with van der Waals surface area (Å²) in [5.41, 5.74) is 1.97. The van der Waals surface area contributed by atoms with Crippen LogP contribution in [0.15, 0.2) is 42.5 Å². The van der Waals surface area contributed by atoms with Gasteiger partial charge in [0.2, 0.25) is 5.95 Å². The molecule has 25 heavy (non-hydrogen) atoms. The maximum Gasteiger partial charge on any atom is 0.226 e. The Morgan fingerprint density at radius 3 is 2.40 bits per heavy atom. The minimum Gasteiger partial charge on any atom is -0.338 e. The van der Waals surface area contributed by atoms with Crippen molar-refractivity contribution in [1.29, 1.82) is 0 Å². The highest BCUT2D eigenvalue weighted by Gasteiger charge is 2.19. The fourth-order valence-electron chi connectivity index (χ4n) is 3.08. The lowest BCUT2D eigenvalue weighted by molar-refractivity contribution is 0.311. The average Bonchev–Trinajstić information content (AvgIpc) is 2.64. The van der Waals surface area contributed by atoms with Gasteiger partial charge in [0.1, 0.15) is 0 Å². The molecule has 0 saturated carbocycles. The van der Waals surface area contributed by atoms with Crippen LogP contribution >= 0.6 is 0 Å². The molecule has 4 nitrogen and oxygen atoms in total. The van der Waals surface area contributed by atoms with E-state index in [0.717, 1.165) is 43.1 Å². The third-order valence-corrected chi connectivity index (χ3v) is 4.57. The molecule has 2 aromatic carbocycles. The van der Waals surface area contributed by atoms with E-state index in [-0.39, 0.29) is 0 Å². The van der Waals surface area contributed by atoms with Gasteiger partial charge < -0.3 is 9.80 Å². The molecule has 0 atom stereocenters. The highest BCUT2D eigenvalue weighted by atomic mass is 19.2. The molecule has 0 radical (unpaired) electrons. The van der Waals surface area contributed by atoms with Crippen molar-refractivity contribution in [2.45, 2.75) is 0 Å². The first-order valence-corrected chi connectivity index (χ1v) is 8.27. The molecule has 0 N–H and O–H groups in total. The van der Waals surface area contributed by atoms with E-state index >= 15 is 0 Å². The van der Waals surface area contributed by atoms with Gasteiger partial charge in [0.25, 0.3) is 0 Å². The molecule has 4 rings (SSSR count). The normalized spacial score (nSPS) is 15.7. The van der Waals surface area contributed by atoms with Crippen molar-refractivity contribution in [3.8, 4) is 11.3 Å². The number of benzene rings is 2. The van der Waals surface area contributed by atoms with Crippen LogP contribution in [0.25, 0.3) is 22.2 Å². The maximum atomic E-state index is 13.7. The molecule has 3 aromatic rings. The third-order valence-electron chi connectivity index (χ3n) is 4.57. The van der Waals surface area contributed by atoms with Gasteiger partial charge in [-0.15, -0.1) is 0 Å². The molecule has 0 spiro atoms. The van der Waals surface area contributed by atoms with Gasteiger partial charge >= 0.3 is 0 Å². The van der Waals surface area contributed by atoms with Crippen LogP contribution < -0.4 is 4.90 Å². The summed E-state index contributed by atoms with van der Waals surface area (Å²) in [4.78, 5) is 13.8. The first kappa shape index (κ1) is 15.9. The molecule has 6 heteroatoms. The van der Waals surface area contributed by atoms with Gasteiger partial charge in [-0.2, -0.15) is 0 Å². The Morgan fingerprint density at radius 1 is 0.880 bits per heavy atom. The zero-order chi connectivity index (χ0) is 17.4. The van der Waals surface area contributed by atoms with E-state index < -0.39 is 11.6 Å². The molecule has 1 fully saturated rings. The zero-order valence-electron chi connectivity index (χ0n) is 13.9. The lowest BCUT2D eigenvalue weighted by atomic mass is 10.1. The second-order valence-corrected chi connectivity index (χ2v) is 6.31. The first-order valence-electron chi connectivity index (χ1n) is 8.27.